The molecule has 1 amide bonds. The SMILES string of the molecule is CC(CCBr)NC(=O)c1cccc(O)c1O. The summed E-state index contributed by atoms with van der Waals surface area (Å²) < 4.78 is 0. The summed E-state index contributed by atoms with van der Waals surface area (Å²) in [6.45, 7) is 1.87. The van der Waals surface area contributed by atoms with Gasteiger partial charge in [-0.25, -0.2) is 0 Å². The molecule has 0 spiro atoms. The predicted molar refractivity (Wildman–Crippen MR) is 65.1 cm³/mol. The number of carbonyl (C=O) groups is 1. The number of para-hydroxylation sites is 1. The number of hydrogen-bond acceptors (Lipinski definition) is 3. The van der Waals surface area contributed by atoms with E-state index < -0.39 is 0 Å². The van der Waals surface area contributed by atoms with Gasteiger partial charge in [-0.2, -0.15) is 0 Å². The maximum absolute atomic E-state index is 11.7. The Balaban J connectivity index is 2.77. The number of hydrogen-bond donors (Lipinski definition) is 3. The molecule has 0 aliphatic carbocycles. The quantitative estimate of drug-likeness (QED) is 0.586. The van der Waals surface area contributed by atoms with Crippen molar-refractivity contribution in [2.75, 3.05) is 5.33 Å². The number of rotatable bonds is 4. The van der Waals surface area contributed by atoms with E-state index in [0.717, 1.165) is 11.8 Å². The molecule has 1 atom stereocenters. The number of amides is 1. The number of halogens is 1. The van der Waals surface area contributed by atoms with Gasteiger partial charge in [-0.1, -0.05) is 22.0 Å². The highest BCUT2D eigenvalue weighted by Crippen LogP contribution is 2.27. The molecule has 1 aromatic rings. The standard InChI is InChI=1S/C11H14BrNO3/c1-7(5-6-12)13-11(16)8-3-2-4-9(14)10(8)15/h2-4,7,14-15H,5-6H2,1H3,(H,13,16). The van der Waals surface area contributed by atoms with Crippen LogP contribution in [0.4, 0.5) is 0 Å². The first-order valence-corrected chi connectivity index (χ1v) is 6.06. The van der Waals surface area contributed by atoms with Crippen molar-refractivity contribution < 1.29 is 15.0 Å². The minimum absolute atomic E-state index is 0.00799. The second-order valence-electron chi connectivity index (χ2n) is 3.53. The van der Waals surface area contributed by atoms with Gasteiger partial charge >= 0.3 is 0 Å². The highest BCUT2D eigenvalue weighted by molar-refractivity contribution is 9.09. The molecule has 0 saturated carbocycles. The van der Waals surface area contributed by atoms with E-state index in [9.17, 15) is 15.0 Å². The number of alkyl halides is 1. The summed E-state index contributed by atoms with van der Waals surface area (Å²) in [4.78, 5) is 11.7. The summed E-state index contributed by atoms with van der Waals surface area (Å²) in [5, 5.41) is 22.3. The van der Waals surface area contributed by atoms with Crippen molar-refractivity contribution in [3.8, 4) is 11.5 Å². The van der Waals surface area contributed by atoms with Crippen LogP contribution in [0, 0.1) is 0 Å². The highest BCUT2D eigenvalue weighted by Gasteiger charge is 2.15. The lowest BCUT2D eigenvalue weighted by atomic mass is 10.1. The van der Waals surface area contributed by atoms with Crippen LogP contribution in [0.25, 0.3) is 0 Å². The number of nitrogens with one attached hydrogen (secondary N) is 1. The second kappa shape index (κ2) is 5.75. The van der Waals surface area contributed by atoms with Gasteiger partial charge < -0.3 is 15.5 Å². The maximum atomic E-state index is 11.7. The van der Waals surface area contributed by atoms with Crippen LogP contribution >= 0.6 is 15.9 Å². The van der Waals surface area contributed by atoms with Crippen LogP contribution in [0.5, 0.6) is 11.5 Å². The molecule has 1 rings (SSSR count). The lowest BCUT2D eigenvalue weighted by Crippen LogP contribution is -2.32. The van der Waals surface area contributed by atoms with Gasteiger partial charge in [-0.15, -0.1) is 0 Å². The second-order valence-corrected chi connectivity index (χ2v) is 4.32. The summed E-state index contributed by atoms with van der Waals surface area (Å²) >= 11 is 3.28. The Bertz CT molecular complexity index is 381. The zero-order chi connectivity index (χ0) is 12.1. The lowest BCUT2D eigenvalue weighted by molar-refractivity contribution is 0.0936. The molecule has 0 bridgehead atoms. The van der Waals surface area contributed by atoms with Gasteiger partial charge in [0.1, 0.15) is 0 Å². The minimum atomic E-state index is -0.387. The van der Waals surface area contributed by atoms with E-state index in [0.29, 0.717) is 0 Å². The summed E-state index contributed by atoms with van der Waals surface area (Å²) in [6.07, 6.45) is 0.797. The summed E-state index contributed by atoms with van der Waals surface area (Å²) in [5.41, 5.74) is 0.0847. The first kappa shape index (κ1) is 12.8. The van der Waals surface area contributed by atoms with E-state index in [1.807, 2.05) is 6.92 Å². The minimum Gasteiger partial charge on any atom is -0.504 e. The molecule has 0 fully saturated rings. The summed E-state index contributed by atoms with van der Waals surface area (Å²) in [6, 6.07) is 4.31. The molecule has 3 N–H and O–H groups in total. The Morgan fingerprint density at radius 2 is 2.19 bits per heavy atom. The molecule has 5 heteroatoms. The average molecular weight is 288 g/mol. The van der Waals surface area contributed by atoms with Crippen molar-refractivity contribution in [1.29, 1.82) is 0 Å². The van der Waals surface area contributed by atoms with E-state index in [1.54, 1.807) is 0 Å². The van der Waals surface area contributed by atoms with Crippen molar-refractivity contribution in [2.45, 2.75) is 19.4 Å². The van der Waals surface area contributed by atoms with Gasteiger partial charge in [0.15, 0.2) is 11.5 Å². The Morgan fingerprint density at radius 3 is 2.81 bits per heavy atom. The van der Waals surface area contributed by atoms with Crippen molar-refractivity contribution >= 4 is 21.8 Å². The van der Waals surface area contributed by atoms with Crippen molar-refractivity contribution in [3.63, 3.8) is 0 Å². The third-order valence-corrected chi connectivity index (χ3v) is 2.64. The monoisotopic (exact) mass is 287 g/mol. The highest BCUT2D eigenvalue weighted by atomic mass is 79.9. The molecule has 88 valence electrons. The van der Waals surface area contributed by atoms with Gasteiger partial charge in [0, 0.05) is 11.4 Å². The zero-order valence-corrected chi connectivity index (χ0v) is 10.5. The number of benzene rings is 1. The lowest BCUT2D eigenvalue weighted by Gasteiger charge is -2.13. The van der Waals surface area contributed by atoms with E-state index >= 15 is 0 Å². The molecule has 0 aromatic heterocycles. The fourth-order valence-electron chi connectivity index (χ4n) is 1.25. The van der Waals surface area contributed by atoms with Crippen LogP contribution < -0.4 is 5.32 Å². The van der Waals surface area contributed by atoms with E-state index in [1.165, 1.54) is 18.2 Å². The molecular formula is C11H14BrNO3. The van der Waals surface area contributed by atoms with Crippen LogP contribution in [0.2, 0.25) is 0 Å². The third-order valence-electron chi connectivity index (χ3n) is 2.18. The zero-order valence-electron chi connectivity index (χ0n) is 8.90. The van der Waals surface area contributed by atoms with Gasteiger partial charge in [0.2, 0.25) is 0 Å². The number of aromatic hydroxyl groups is 2. The molecule has 0 radical (unpaired) electrons. The van der Waals surface area contributed by atoms with Gasteiger partial charge in [-0.3, -0.25) is 4.79 Å². The molecule has 0 aliphatic rings. The molecular weight excluding hydrogens is 274 g/mol. The van der Waals surface area contributed by atoms with Crippen molar-refractivity contribution in [3.05, 3.63) is 23.8 Å². The summed E-state index contributed by atoms with van der Waals surface area (Å²) in [5.74, 6) is -1.06. The Hall–Kier alpha value is -1.23. The molecule has 1 unspecified atom stereocenters. The molecule has 1 aromatic carbocycles. The molecule has 0 aliphatic heterocycles. The fraction of sp³-hybridized carbons (Fsp3) is 0.364. The smallest absolute Gasteiger partial charge is 0.255 e. The van der Waals surface area contributed by atoms with Crippen LogP contribution in [0.15, 0.2) is 18.2 Å². The van der Waals surface area contributed by atoms with Crippen molar-refractivity contribution in [2.24, 2.45) is 0 Å². The van der Waals surface area contributed by atoms with Gasteiger partial charge in [0.05, 0.1) is 5.56 Å². The molecule has 0 saturated heterocycles. The van der Waals surface area contributed by atoms with Crippen LogP contribution in [0.3, 0.4) is 0 Å². The van der Waals surface area contributed by atoms with E-state index in [-0.39, 0.29) is 29.0 Å². The van der Waals surface area contributed by atoms with Crippen LogP contribution in [-0.2, 0) is 0 Å². The third kappa shape index (κ3) is 3.13. The molecule has 4 nitrogen and oxygen atoms in total. The number of carbonyl (C=O) groups excluding carboxylic acids is 1. The van der Waals surface area contributed by atoms with Crippen molar-refractivity contribution in [1.82, 2.24) is 5.32 Å². The van der Waals surface area contributed by atoms with E-state index in [2.05, 4.69) is 21.2 Å². The fourth-order valence-corrected chi connectivity index (χ4v) is 1.94. The largest absolute Gasteiger partial charge is 0.504 e. The van der Waals surface area contributed by atoms with Gasteiger partial charge in [-0.05, 0) is 25.5 Å². The molecule has 0 heterocycles. The predicted octanol–water partition coefficient (Wildman–Crippen LogP) is 2.00. The first-order valence-electron chi connectivity index (χ1n) is 4.94. The topological polar surface area (TPSA) is 69.6 Å². The van der Waals surface area contributed by atoms with Crippen LogP contribution in [0.1, 0.15) is 23.7 Å². The maximum Gasteiger partial charge on any atom is 0.255 e. The average Bonchev–Trinajstić information content (AvgIpc) is 2.22. The van der Waals surface area contributed by atoms with E-state index in [4.69, 9.17) is 0 Å². The Kier molecular flexibility index (Phi) is 4.61. The number of phenols is 2. The van der Waals surface area contributed by atoms with Gasteiger partial charge in [0.25, 0.3) is 5.91 Å². The first-order chi connectivity index (χ1) is 7.56. The Labute approximate surface area is 102 Å². The Morgan fingerprint density at radius 1 is 1.50 bits per heavy atom. The normalized spacial score (nSPS) is 12.1. The van der Waals surface area contributed by atoms with Crippen LogP contribution in [-0.4, -0.2) is 27.5 Å². The summed E-state index contributed by atoms with van der Waals surface area (Å²) in [7, 11) is 0. The molecule has 16 heavy (non-hydrogen) atoms. The number of phenolic OH excluding ortho intramolecular Hbond substituents is 2.